The van der Waals surface area contributed by atoms with Crippen LogP contribution in [0.25, 0.3) is 0 Å². The zero-order valence-electron chi connectivity index (χ0n) is 9.05. The summed E-state index contributed by atoms with van der Waals surface area (Å²) in [5.74, 6) is -0.0938. The van der Waals surface area contributed by atoms with Crippen LogP contribution < -0.4 is 5.32 Å². The minimum Gasteiger partial charge on any atom is -0.507 e. The summed E-state index contributed by atoms with van der Waals surface area (Å²) in [6.45, 7) is 3.63. The maximum absolute atomic E-state index is 11.8. The van der Waals surface area contributed by atoms with E-state index in [1.807, 2.05) is 13.8 Å². The lowest BCUT2D eigenvalue weighted by atomic mass is 10.1. The first-order valence-corrected chi connectivity index (χ1v) is 6.05. The molecule has 0 atom stereocenters. The van der Waals surface area contributed by atoms with Crippen LogP contribution >= 0.6 is 27.5 Å². The standard InChI is InChI=1S/C11H13BrClNO2/c1-11(2,6-13)14-10(16)8-4-3-7(12)5-9(8)15/h3-5,15H,6H2,1-2H3,(H,14,16). The van der Waals surface area contributed by atoms with Crippen molar-refractivity contribution in [2.45, 2.75) is 19.4 Å². The first kappa shape index (κ1) is 13.3. The van der Waals surface area contributed by atoms with Gasteiger partial charge in [-0.1, -0.05) is 15.9 Å². The normalized spacial score (nSPS) is 11.2. The molecule has 0 radical (unpaired) electrons. The molecule has 2 N–H and O–H groups in total. The zero-order valence-corrected chi connectivity index (χ0v) is 11.4. The Morgan fingerprint density at radius 1 is 1.56 bits per heavy atom. The molecule has 0 saturated carbocycles. The number of amides is 1. The summed E-state index contributed by atoms with van der Waals surface area (Å²) < 4.78 is 0.721. The molecule has 5 heteroatoms. The quantitative estimate of drug-likeness (QED) is 0.844. The minimum atomic E-state index is -0.502. The molecule has 0 bridgehead atoms. The van der Waals surface area contributed by atoms with Crippen LogP contribution in [0.15, 0.2) is 22.7 Å². The number of phenolic OH excluding ortho intramolecular Hbond substituents is 1. The predicted molar refractivity (Wildman–Crippen MR) is 68.1 cm³/mol. The van der Waals surface area contributed by atoms with Crippen molar-refractivity contribution in [3.63, 3.8) is 0 Å². The van der Waals surface area contributed by atoms with Crippen LogP contribution in [0.3, 0.4) is 0 Å². The van der Waals surface area contributed by atoms with Crippen molar-refractivity contribution in [2.24, 2.45) is 0 Å². The third kappa shape index (κ3) is 3.39. The molecule has 1 aromatic carbocycles. The van der Waals surface area contributed by atoms with E-state index < -0.39 is 5.54 Å². The zero-order chi connectivity index (χ0) is 12.3. The number of rotatable bonds is 3. The van der Waals surface area contributed by atoms with Crippen LogP contribution in [0.1, 0.15) is 24.2 Å². The van der Waals surface area contributed by atoms with Crippen LogP contribution in [0.2, 0.25) is 0 Å². The fourth-order valence-electron chi connectivity index (χ4n) is 1.10. The lowest BCUT2D eigenvalue weighted by Gasteiger charge is -2.23. The average Bonchev–Trinajstić information content (AvgIpc) is 2.16. The molecule has 3 nitrogen and oxygen atoms in total. The summed E-state index contributed by atoms with van der Waals surface area (Å²) in [6, 6.07) is 4.73. The molecule has 0 unspecified atom stereocenters. The highest BCUT2D eigenvalue weighted by atomic mass is 79.9. The number of carbonyl (C=O) groups excluding carboxylic acids is 1. The fraction of sp³-hybridized carbons (Fsp3) is 0.364. The van der Waals surface area contributed by atoms with Crippen molar-refractivity contribution in [2.75, 3.05) is 5.88 Å². The predicted octanol–water partition coefficient (Wildman–Crippen LogP) is 2.90. The van der Waals surface area contributed by atoms with Crippen molar-refractivity contribution in [1.82, 2.24) is 5.32 Å². The van der Waals surface area contributed by atoms with Crippen molar-refractivity contribution in [3.8, 4) is 5.75 Å². The summed E-state index contributed by atoms with van der Waals surface area (Å²) in [5, 5.41) is 12.3. The Labute approximate surface area is 108 Å². The lowest BCUT2D eigenvalue weighted by Crippen LogP contribution is -2.44. The molecular weight excluding hydrogens is 293 g/mol. The Morgan fingerprint density at radius 2 is 2.19 bits per heavy atom. The second-order valence-corrected chi connectivity index (χ2v) is 5.32. The third-order valence-corrected chi connectivity index (χ3v) is 3.15. The van der Waals surface area contributed by atoms with Crippen molar-refractivity contribution < 1.29 is 9.90 Å². The van der Waals surface area contributed by atoms with Crippen LogP contribution in [0.4, 0.5) is 0 Å². The largest absolute Gasteiger partial charge is 0.507 e. The van der Waals surface area contributed by atoms with E-state index in [0.717, 1.165) is 4.47 Å². The maximum Gasteiger partial charge on any atom is 0.255 e. The fourth-order valence-corrected chi connectivity index (χ4v) is 1.52. The Hall–Kier alpha value is -0.740. The highest BCUT2D eigenvalue weighted by molar-refractivity contribution is 9.10. The van der Waals surface area contributed by atoms with Crippen molar-refractivity contribution in [1.29, 1.82) is 0 Å². The second kappa shape index (κ2) is 5.06. The Bertz CT molecular complexity index is 407. The molecule has 0 fully saturated rings. The van der Waals surface area contributed by atoms with Crippen LogP contribution in [0, 0.1) is 0 Å². The molecule has 0 heterocycles. The number of alkyl halides is 1. The van der Waals surface area contributed by atoms with Gasteiger partial charge in [0.25, 0.3) is 5.91 Å². The van der Waals surface area contributed by atoms with Gasteiger partial charge in [0.1, 0.15) is 5.75 Å². The van der Waals surface area contributed by atoms with E-state index in [9.17, 15) is 9.90 Å². The molecule has 1 amide bonds. The van der Waals surface area contributed by atoms with Crippen LogP contribution in [-0.4, -0.2) is 22.4 Å². The summed E-state index contributed by atoms with van der Waals surface area (Å²) in [7, 11) is 0. The van der Waals surface area contributed by atoms with Crippen molar-refractivity contribution in [3.05, 3.63) is 28.2 Å². The minimum absolute atomic E-state index is 0.0581. The maximum atomic E-state index is 11.8. The van der Waals surface area contributed by atoms with E-state index >= 15 is 0 Å². The van der Waals surface area contributed by atoms with E-state index in [1.54, 1.807) is 12.1 Å². The smallest absolute Gasteiger partial charge is 0.255 e. The topological polar surface area (TPSA) is 49.3 Å². The number of carbonyl (C=O) groups is 1. The van der Waals surface area contributed by atoms with Gasteiger partial charge in [0.2, 0.25) is 0 Å². The number of hydrogen-bond acceptors (Lipinski definition) is 2. The van der Waals surface area contributed by atoms with E-state index in [1.165, 1.54) is 6.07 Å². The van der Waals surface area contributed by atoms with E-state index in [2.05, 4.69) is 21.2 Å². The lowest BCUT2D eigenvalue weighted by molar-refractivity contribution is 0.0918. The van der Waals surface area contributed by atoms with E-state index in [0.29, 0.717) is 5.88 Å². The van der Waals surface area contributed by atoms with Gasteiger partial charge in [-0.05, 0) is 32.0 Å². The summed E-state index contributed by atoms with van der Waals surface area (Å²) in [4.78, 5) is 11.8. The van der Waals surface area contributed by atoms with Gasteiger partial charge in [-0.15, -0.1) is 11.6 Å². The van der Waals surface area contributed by atoms with Crippen LogP contribution in [-0.2, 0) is 0 Å². The molecule has 1 aromatic rings. The molecular formula is C11H13BrClNO2. The molecule has 1 rings (SSSR count). The first-order valence-electron chi connectivity index (χ1n) is 4.73. The highest BCUT2D eigenvalue weighted by Gasteiger charge is 2.21. The molecule has 0 saturated heterocycles. The average molecular weight is 307 g/mol. The number of halogens is 2. The summed E-state index contributed by atoms with van der Waals surface area (Å²) in [6.07, 6.45) is 0. The van der Waals surface area contributed by atoms with Gasteiger partial charge in [0.05, 0.1) is 5.56 Å². The number of nitrogens with one attached hydrogen (secondary N) is 1. The van der Waals surface area contributed by atoms with Crippen molar-refractivity contribution >= 4 is 33.4 Å². The van der Waals surface area contributed by atoms with Crippen LogP contribution in [0.5, 0.6) is 5.75 Å². The van der Waals surface area contributed by atoms with Gasteiger partial charge >= 0.3 is 0 Å². The highest BCUT2D eigenvalue weighted by Crippen LogP contribution is 2.22. The number of aromatic hydroxyl groups is 1. The second-order valence-electron chi connectivity index (χ2n) is 4.13. The number of hydrogen-bond donors (Lipinski definition) is 2. The Morgan fingerprint density at radius 3 is 2.69 bits per heavy atom. The van der Waals surface area contributed by atoms with Gasteiger partial charge in [-0.2, -0.15) is 0 Å². The molecule has 88 valence electrons. The van der Waals surface area contributed by atoms with Gasteiger partial charge in [0.15, 0.2) is 0 Å². The number of benzene rings is 1. The molecule has 0 aliphatic rings. The Balaban J connectivity index is 2.89. The van der Waals surface area contributed by atoms with Gasteiger partial charge < -0.3 is 10.4 Å². The molecule has 16 heavy (non-hydrogen) atoms. The molecule has 0 spiro atoms. The summed E-state index contributed by atoms with van der Waals surface area (Å²) in [5.41, 5.74) is -0.264. The molecule has 0 aliphatic carbocycles. The van der Waals surface area contributed by atoms with Gasteiger partial charge in [0, 0.05) is 15.9 Å². The first-order chi connectivity index (χ1) is 7.35. The van der Waals surface area contributed by atoms with E-state index in [4.69, 9.17) is 11.6 Å². The molecule has 0 aliphatic heterocycles. The van der Waals surface area contributed by atoms with E-state index in [-0.39, 0.29) is 17.2 Å². The van der Waals surface area contributed by atoms with Gasteiger partial charge in [-0.3, -0.25) is 4.79 Å². The number of phenols is 1. The third-order valence-electron chi connectivity index (χ3n) is 1.99. The van der Waals surface area contributed by atoms with Gasteiger partial charge in [-0.25, -0.2) is 0 Å². The SMILES string of the molecule is CC(C)(CCl)NC(=O)c1ccc(Br)cc1O. The summed E-state index contributed by atoms with van der Waals surface area (Å²) >= 11 is 8.91. The molecule has 0 aromatic heterocycles. The Kier molecular flexibility index (Phi) is 4.21. The monoisotopic (exact) mass is 305 g/mol.